The van der Waals surface area contributed by atoms with Crippen LogP contribution in [0.2, 0.25) is 0 Å². The van der Waals surface area contributed by atoms with Crippen LogP contribution in [0.25, 0.3) is 0 Å². The van der Waals surface area contributed by atoms with Crippen LogP contribution < -0.4 is 20.7 Å². The van der Waals surface area contributed by atoms with Crippen LogP contribution in [0.4, 0.5) is 0 Å². The summed E-state index contributed by atoms with van der Waals surface area (Å²) < 4.78 is 10.7. The van der Waals surface area contributed by atoms with E-state index in [-0.39, 0.29) is 43.0 Å². The third kappa shape index (κ3) is 5.12. The van der Waals surface area contributed by atoms with E-state index in [2.05, 4.69) is 20.9 Å². The molecule has 10 nitrogen and oxygen atoms in total. The first-order valence-corrected chi connectivity index (χ1v) is 9.84. The third-order valence-corrected chi connectivity index (χ3v) is 5.39. The number of carbonyl (C=O) groups excluding carboxylic acids is 4. The number of hydrogen-bond donors (Lipinski definition) is 3. The molecular weight excluding hydrogens is 392 g/mol. The lowest BCUT2D eigenvalue weighted by Crippen LogP contribution is -2.58. The van der Waals surface area contributed by atoms with E-state index in [1.807, 2.05) is 0 Å². The normalized spacial score (nSPS) is 20.4. The lowest BCUT2D eigenvalue weighted by atomic mass is 9.89. The Morgan fingerprint density at radius 3 is 2.67 bits per heavy atom. The summed E-state index contributed by atoms with van der Waals surface area (Å²) >= 11 is 0. The lowest BCUT2D eigenvalue weighted by molar-refractivity contribution is -0.129. The molecule has 2 aliphatic rings. The van der Waals surface area contributed by atoms with E-state index in [4.69, 9.17) is 9.47 Å². The predicted molar refractivity (Wildman–Crippen MR) is 105 cm³/mol. The van der Waals surface area contributed by atoms with Crippen molar-refractivity contribution < 1.29 is 28.7 Å². The van der Waals surface area contributed by atoms with E-state index < -0.39 is 17.4 Å². The maximum Gasteiger partial charge on any atom is 0.257 e. The van der Waals surface area contributed by atoms with Gasteiger partial charge in [-0.05, 0) is 31.9 Å². The molecule has 3 heterocycles. The SMILES string of the molecule is COc1nc(C)ccc1C(=O)NC1(CNC(=O)CC2CC(=O)NC2=O)CCOCC1. The van der Waals surface area contributed by atoms with Crippen LogP contribution in [-0.2, 0) is 19.1 Å². The molecule has 2 fully saturated rings. The molecule has 3 N–H and O–H groups in total. The number of ether oxygens (including phenoxy) is 2. The second-order valence-corrected chi connectivity index (χ2v) is 7.65. The lowest BCUT2D eigenvalue weighted by Gasteiger charge is -2.38. The molecule has 1 aromatic rings. The average molecular weight is 418 g/mol. The summed E-state index contributed by atoms with van der Waals surface area (Å²) in [7, 11) is 1.45. The Kier molecular flexibility index (Phi) is 6.66. The van der Waals surface area contributed by atoms with Gasteiger partial charge in [0, 0.05) is 38.3 Å². The van der Waals surface area contributed by atoms with Crippen molar-refractivity contribution in [3.8, 4) is 5.88 Å². The average Bonchev–Trinajstić information content (AvgIpc) is 3.03. The Balaban J connectivity index is 1.66. The Labute approximate surface area is 174 Å². The van der Waals surface area contributed by atoms with Gasteiger partial charge in [0.05, 0.1) is 18.6 Å². The zero-order chi connectivity index (χ0) is 21.7. The number of nitrogens with one attached hydrogen (secondary N) is 3. The molecule has 1 unspecified atom stereocenters. The molecular formula is C20H26N4O6. The van der Waals surface area contributed by atoms with Gasteiger partial charge in [-0.2, -0.15) is 0 Å². The smallest absolute Gasteiger partial charge is 0.257 e. The molecule has 0 aliphatic carbocycles. The highest BCUT2D eigenvalue weighted by atomic mass is 16.5. The Morgan fingerprint density at radius 2 is 2.03 bits per heavy atom. The molecule has 2 saturated heterocycles. The van der Waals surface area contributed by atoms with Gasteiger partial charge < -0.3 is 20.1 Å². The first-order chi connectivity index (χ1) is 14.3. The van der Waals surface area contributed by atoms with Gasteiger partial charge in [0.15, 0.2) is 0 Å². The summed E-state index contributed by atoms with van der Waals surface area (Å²) in [4.78, 5) is 52.5. The van der Waals surface area contributed by atoms with Gasteiger partial charge in [-0.3, -0.25) is 24.5 Å². The van der Waals surface area contributed by atoms with Crippen molar-refractivity contribution in [2.75, 3.05) is 26.9 Å². The quantitative estimate of drug-likeness (QED) is 0.524. The van der Waals surface area contributed by atoms with Gasteiger partial charge in [-0.25, -0.2) is 4.98 Å². The molecule has 0 spiro atoms. The van der Waals surface area contributed by atoms with Crippen molar-refractivity contribution in [2.45, 2.75) is 38.1 Å². The van der Waals surface area contributed by atoms with Crippen molar-refractivity contribution in [2.24, 2.45) is 5.92 Å². The zero-order valence-corrected chi connectivity index (χ0v) is 17.1. The highest BCUT2D eigenvalue weighted by Crippen LogP contribution is 2.23. The van der Waals surface area contributed by atoms with E-state index in [0.717, 1.165) is 5.69 Å². The number of aromatic nitrogens is 1. The number of methoxy groups -OCH3 is 1. The van der Waals surface area contributed by atoms with E-state index in [1.165, 1.54) is 7.11 Å². The fourth-order valence-corrected chi connectivity index (χ4v) is 3.61. The highest BCUT2D eigenvalue weighted by molar-refractivity contribution is 6.04. The number of pyridine rings is 1. The maximum atomic E-state index is 12.9. The number of hydrogen-bond acceptors (Lipinski definition) is 7. The topological polar surface area (TPSA) is 136 Å². The van der Waals surface area contributed by atoms with Gasteiger partial charge in [0.1, 0.15) is 5.56 Å². The van der Waals surface area contributed by atoms with Crippen LogP contribution in [0.5, 0.6) is 5.88 Å². The third-order valence-electron chi connectivity index (χ3n) is 5.39. The molecule has 1 aromatic heterocycles. The fraction of sp³-hybridized carbons (Fsp3) is 0.550. The summed E-state index contributed by atoms with van der Waals surface area (Å²) in [6.07, 6.45) is 0.974. The Morgan fingerprint density at radius 1 is 1.30 bits per heavy atom. The van der Waals surface area contributed by atoms with E-state index in [1.54, 1.807) is 19.1 Å². The summed E-state index contributed by atoms with van der Waals surface area (Å²) in [6, 6.07) is 3.38. The number of imide groups is 1. The van der Waals surface area contributed by atoms with Crippen LogP contribution in [0, 0.1) is 12.8 Å². The first kappa shape index (κ1) is 21.7. The van der Waals surface area contributed by atoms with Crippen molar-refractivity contribution in [3.05, 3.63) is 23.4 Å². The van der Waals surface area contributed by atoms with Crippen LogP contribution in [-0.4, -0.2) is 61.0 Å². The highest BCUT2D eigenvalue weighted by Gasteiger charge is 2.37. The largest absolute Gasteiger partial charge is 0.480 e. The molecule has 30 heavy (non-hydrogen) atoms. The summed E-state index contributed by atoms with van der Waals surface area (Å²) in [5.74, 6) is -1.91. The summed E-state index contributed by atoms with van der Waals surface area (Å²) in [6.45, 7) is 2.88. The van der Waals surface area contributed by atoms with Gasteiger partial charge in [0.2, 0.25) is 23.6 Å². The van der Waals surface area contributed by atoms with E-state index >= 15 is 0 Å². The molecule has 4 amide bonds. The van der Waals surface area contributed by atoms with Crippen LogP contribution in [0.3, 0.4) is 0 Å². The van der Waals surface area contributed by atoms with E-state index in [0.29, 0.717) is 31.6 Å². The van der Waals surface area contributed by atoms with Crippen molar-refractivity contribution in [1.82, 2.24) is 20.9 Å². The molecule has 2 aliphatic heterocycles. The molecule has 162 valence electrons. The van der Waals surface area contributed by atoms with E-state index in [9.17, 15) is 19.2 Å². The molecule has 3 rings (SSSR count). The second kappa shape index (κ2) is 9.21. The van der Waals surface area contributed by atoms with Gasteiger partial charge in [-0.15, -0.1) is 0 Å². The van der Waals surface area contributed by atoms with Crippen LogP contribution in [0.1, 0.15) is 41.7 Å². The van der Waals surface area contributed by atoms with Crippen molar-refractivity contribution >= 4 is 23.6 Å². The number of nitrogens with zero attached hydrogens (tertiary/aromatic N) is 1. The monoisotopic (exact) mass is 418 g/mol. The minimum absolute atomic E-state index is 0.0161. The minimum Gasteiger partial charge on any atom is -0.480 e. The van der Waals surface area contributed by atoms with Gasteiger partial charge in [0.25, 0.3) is 5.91 Å². The van der Waals surface area contributed by atoms with Gasteiger partial charge in [-0.1, -0.05) is 0 Å². The Hall–Kier alpha value is -3.01. The zero-order valence-electron chi connectivity index (χ0n) is 17.1. The minimum atomic E-state index is -0.700. The van der Waals surface area contributed by atoms with Crippen molar-refractivity contribution in [3.63, 3.8) is 0 Å². The van der Waals surface area contributed by atoms with Crippen molar-refractivity contribution in [1.29, 1.82) is 0 Å². The second-order valence-electron chi connectivity index (χ2n) is 7.65. The summed E-state index contributed by atoms with van der Waals surface area (Å²) in [5.41, 5.74) is 0.335. The fourth-order valence-electron chi connectivity index (χ4n) is 3.61. The number of aryl methyl sites for hydroxylation is 1. The van der Waals surface area contributed by atoms with Gasteiger partial charge >= 0.3 is 0 Å². The van der Waals surface area contributed by atoms with Crippen LogP contribution >= 0.6 is 0 Å². The molecule has 1 atom stereocenters. The molecule has 0 bridgehead atoms. The molecule has 0 radical (unpaired) electrons. The summed E-state index contributed by atoms with van der Waals surface area (Å²) in [5, 5.41) is 8.02. The number of rotatable bonds is 7. The molecule has 0 aromatic carbocycles. The number of amides is 4. The first-order valence-electron chi connectivity index (χ1n) is 9.84. The standard InChI is InChI=1S/C20H26N4O6/c1-12-3-4-14(19(22-12)29-2)18(28)24-20(5-7-30-8-6-20)11-21-15(25)9-13-10-16(26)23-17(13)27/h3-4,13H,5-11H2,1-2H3,(H,21,25)(H,24,28)(H,23,26,27). The molecule has 10 heteroatoms. The molecule has 0 saturated carbocycles. The maximum absolute atomic E-state index is 12.9. The number of carbonyl (C=O) groups is 4. The Bertz CT molecular complexity index is 850. The van der Waals surface area contributed by atoms with Crippen LogP contribution in [0.15, 0.2) is 12.1 Å². The predicted octanol–water partition coefficient (Wildman–Crippen LogP) is -0.153.